The molecule has 15 heavy (non-hydrogen) atoms. The second kappa shape index (κ2) is 4.08. The fraction of sp³-hybridized carbons (Fsp3) is 0.200. The minimum Gasteiger partial charge on any atom is -0.478 e. The highest BCUT2D eigenvalue weighted by Gasteiger charge is 2.12. The van der Waals surface area contributed by atoms with E-state index in [0.29, 0.717) is 5.56 Å². The van der Waals surface area contributed by atoms with Crippen LogP contribution in [0, 0.1) is 12.7 Å². The zero-order chi connectivity index (χ0) is 11.6. The second-order valence-electron chi connectivity index (χ2n) is 3.13. The molecule has 0 saturated carbocycles. The van der Waals surface area contributed by atoms with E-state index in [1.165, 1.54) is 19.9 Å². The van der Waals surface area contributed by atoms with Crippen LogP contribution in [0.3, 0.4) is 0 Å². The summed E-state index contributed by atoms with van der Waals surface area (Å²) in [6.07, 6.45) is 0. The van der Waals surface area contributed by atoms with Crippen LogP contribution in [0.15, 0.2) is 12.1 Å². The van der Waals surface area contributed by atoms with Crippen molar-refractivity contribution in [3.05, 3.63) is 29.1 Å². The molecule has 0 atom stereocenters. The van der Waals surface area contributed by atoms with Gasteiger partial charge >= 0.3 is 5.97 Å². The van der Waals surface area contributed by atoms with E-state index in [1.54, 1.807) is 0 Å². The molecule has 0 aromatic heterocycles. The summed E-state index contributed by atoms with van der Waals surface area (Å²) in [5, 5.41) is 11.0. The number of amides is 1. The molecule has 0 aliphatic heterocycles. The number of anilines is 1. The molecule has 0 heterocycles. The molecule has 5 heteroatoms. The lowest BCUT2D eigenvalue weighted by Crippen LogP contribution is -2.09. The molecule has 80 valence electrons. The van der Waals surface area contributed by atoms with Gasteiger partial charge in [0.15, 0.2) is 0 Å². The molecule has 0 saturated heterocycles. The van der Waals surface area contributed by atoms with Crippen LogP contribution in [0.4, 0.5) is 10.1 Å². The number of carbonyl (C=O) groups excluding carboxylic acids is 1. The number of aryl methyl sites for hydroxylation is 1. The van der Waals surface area contributed by atoms with Crippen LogP contribution in [-0.4, -0.2) is 17.0 Å². The number of rotatable bonds is 2. The number of aromatic carboxylic acids is 1. The van der Waals surface area contributed by atoms with Gasteiger partial charge in [0.2, 0.25) is 5.91 Å². The Balaban J connectivity index is 3.19. The van der Waals surface area contributed by atoms with E-state index in [0.717, 1.165) is 6.07 Å². The zero-order valence-electron chi connectivity index (χ0n) is 8.30. The first-order chi connectivity index (χ1) is 6.91. The van der Waals surface area contributed by atoms with Gasteiger partial charge in [0.1, 0.15) is 5.82 Å². The Bertz CT molecular complexity index is 429. The number of hydrogen-bond donors (Lipinski definition) is 2. The standard InChI is InChI=1S/C10H10FNO3/c1-5-3-9(12-6(2)13)8(11)4-7(5)10(14)15/h3-4H,1-2H3,(H,12,13)(H,14,15). The van der Waals surface area contributed by atoms with Gasteiger partial charge in [-0.25, -0.2) is 9.18 Å². The number of hydrogen-bond acceptors (Lipinski definition) is 2. The SMILES string of the molecule is CC(=O)Nc1cc(C)c(C(=O)O)cc1F. The number of carboxylic acid groups (broad SMARTS) is 1. The van der Waals surface area contributed by atoms with Gasteiger partial charge in [0.05, 0.1) is 11.3 Å². The number of carboxylic acids is 1. The topological polar surface area (TPSA) is 66.4 Å². The van der Waals surface area contributed by atoms with E-state index in [9.17, 15) is 14.0 Å². The third-order valence-corrected chi connectivity index (χ3v) is 1.86. The Morgan fingerprint density at radius 2 is 2.00 bits per heavy atom. The summed E-state index contributed by atoms with van der Waals surface area (Å²) in [5.41, 5.74) is 0.277. The highest BCUT2D eigenvalue weighted by molar-refractivity contribution is 5.92. The van der Waals surface area contributed by atoms with E-state index in [4.69, 9.17) is 5.11 Å². The van der Waals surface area contributed by atoms with Gasteiger partial charge in [-0.05, 0) is 24.6 Å². The Kier molecular flexibility index (Phi) is 3.04. The summed E-state index contributed by atoms with van der Waals surface area (Å²) in [4.78, 5) is 21.4. The molecule has 1 rings (SSSR count). The lowest BCUT2D eigenvalue weighted by Gasteiger charge is -2.07. The van der Waals surface area contributed by atoms with Crippen LogP contribution in [0.5, 0.6) is 0 Å². The van der Waals surface area contributed by atoms with Crippen molar-refractivity contribution in [3.8, 4) is 0 Å². The van der Waals surface area contributed by atoms with E-state index in [-0.39, 0.29) is 11.3 Å². The molecule has 0 aliphatic carbocycles. The summed E-state index contributed by atoms with van der Waals surface area (Å²) >= 11 is 0. The number of nitrogens with one attached hydrogen (secondary N) is 1. The average molecular weight is 211 g/mol. The van der Waals surface area contributed by atoms with Crippen molar-refractivity contribution in [1.82, 2.24) is 0 Å². The highest BCUT2D eigenvalue weighted by atomic mass is 19.1. The first kappa shape index (κ1) is 11.2. The maximum Gasteiger partial charge on any atom is 0.336 e. The van der Waals surface area contributed by atoms with Crippen LogP contribution in [-0.2, 0) is 4.79 Å². The van der Waals surface area contributed by atoms with Crippen molar-refractivity contribution in [2.75, 3.05) is 5.32 Å². The summed E-state index contributed by atoms with van der Waals surface area (Å²) in [6, 6.07) is 2.18. The second-order valence-corrected chi connectivity index (χ2v) is 3.13. The number of halogens is 1. The fourth-order valence-corrected chi connectivity index (χ4v) is 1.20. The first-order valence-corrected chi connectivity index (χ1v) is 4.23. The van der Waals surface area contributed by atoms with Gasteiger partial charge in [-0.2, -0.15) is 0 Å². The smallest absolute Gasteiger partial charge is 0.336 e. The Hall–Kier alpha value is -1.91. The van der Waals surface area contributed by atoms with Gasteiger partial charge in [-0.3, -0.25) is 4.79 Å². The molecule has 0 aliphatic rings. The van der Waals surface area contributed by atoms with Gasteiger partial charge in [-0.15, -0.1) is 0 Å². The third kappa shape index (κ3) is 2.52. The van der Waals surface area contributed by atoms with Crippen molar-refractivity contribution in [1.29, 1.82) is 0 Å². The Morgan fingerprint density at radius 3 is 2.47 bits per heavy atom. The fourth-order valence-electron chi connectivity index (χ4n) is 1.20. The third-order valence-electron chi connectivity index (χ3n) is 1.86. The summed E-state index contributed by atoms with van der Waals surface area (Å²) in [5.74, 6) is -2.36. The molecular formula is C10H10FNO3. The number of benzene rings is 1. The summed E-state index contributed by atoms with van der Waals surface area (Å²) in [6.45, 7) is 2.79. The molecule has 4 nitrogen and oxygen atoms in total. The molecular weight excluding hydrogens is 201 g/mol. The van der Waals surface area contributed by atoms with Crippen molar-refractivity contribution >= 4 is 17.6 Å². The number of carbonyl (C=O) groups is 2. The molecule has 0 spiro atoms. The van der Waals surface area contributed by atoms with Crippen LogP contribution in [0.25, 0.3) is 0 Å². The quantitative estimate of drug-likeness (QED) is 0.783. The normalized spacial score (nSPS) is 9.80. The van der Waals surface area contributed by atoms with Crippen molar-refractivity contribution in [2.45, 2.75) is 13.8 Å². The average Bonchev–Trinajstić information content (AvgIpc) is 2.09. The molecule has 1 amide bonds. The minimum absolute atomic E-state index is 0.00926. The van der Waals surface area contributed by atoms with Crippen LogP contribution in [0.1, 0.15) is 22.8 Å². The molecule has 2 N–H and O–H groups in total. The van der Waals surface area contributed by atoms with Crippen LogP contribution >= 0.6 is 0 Å². The molecule has 1 aromatic rings. The predicted octanol–water partition coefficient (Wildman–Crippen LogP) is 1.79. The largest absolute Gasteiger partial charge is 0.478 e. The van der Waals surface area contributed by atoms with E-state index < -0.39 is 17.7 Å². The van der Waals surface area contributed by atoms with E-state index >= 15 is 0 Å². The van der Waals surface area contributed by atoms with Crippen LogP contribution < -0.4 is 5.32 Å². The van der Waals surface area contributed by atoms with Gasteiger partial charge in [0, 0.05) is 6.92 Å². The zero-order valence-corrected chi connectivity index (χ0v) is 8.30. The summed E-state index contributed by atoms with van der Waals surface area (Å²) < 4.78 is 13.3. The van der Waals surface area contributed by atoms with Crippen molar-refractivity contribution in [2.24, 2.45) is 0 Å². The maximum absolute atomic E-state index is 13.3. The molecule has 0 unspecified atom stereocenters. The van der Waals surface area contributed by atoms with Gasteiger partial charge in [0.25, 0.3) is 0 Å². The van der Waals surface area contributed by atoms with E-state index in [2.05, 4.69) is 5.32 Å². The van der Waals surface area contributed by atoms with Crippen LogP contribution in [0.2, 0.25) is 0 Å². The molecule has 0 radical (unpaired) electrons. The predicted molar refractivity (Wildman–Crippen MR) is 52.4 cm³/mol. The Labute approximate surface area is 85.7 Å². The molecule has 1 aromatic carbocycles. The summed E-state index contributed by atoms with van der Waals surface area (Å²) in [7, 11) is 0. The maximum atomic E-state index is 13.3. The van der Waals surface area contributed by atoms with Gasteiger partial charge in [-0.1, -0.05) is 0 Å². The monoisotopic (exact) mass is 211 g/mol. The lowest BCUT2D eigenvalue weighted by molar-refractivity contribution is -0.114. The first-order valence-electron chi connectivity index (χ1n) is 4.23. The molecule has 0 bridgehead atoms. The van der Waals surface area contributed by atoms with Gasteiger partial charge < -0.3 is 10.4 Å². The van der Waals surface area contributed by atoms with E-state index in [1.807, 2.05) is 0 Å². The lowest BCUT2D eigenvalue weighted by atomic mass is 10.1. The highest BCUT2D eigenvalue weighted by Crippen LogP contribution is 2.19. The van der Waals surface area contributed by atoms with Crippen molar-refractivity contribution in [3.63, 3.8) is 0 Å². The van der Waals surface area contributed by atoms with Crippen molar-refractivity contribution < 1.29 is 19.1 Å². The minimum atomic E-state index is -1.19. The Morgan fingerprint density at radius 1 is 1.40 bits per heavy atom. The molecule has 0 fully saturated rings.